The number of nitrogens with two attached hydrogens (primary N) is 1. The summed E-state index contributed by atoms with van der Waals surface area (Å²) in [6.45, 7) is 7.92. The van der Waals surface area contributed by atoms with Gasteiger partial charge in [0.1, 0.15) is 6.04 Å². The van der Waals surface area contributed by atoms with E-state index in [1.165, 1.54) is 0 Å². The number of nitrogens with zero attached hydrogens (tertiary/aromatic N) is 2. The van der Waals surface area contributed by atoms with Gasteiger partial charge in [0.2, 0.25) is 5.91 Å². The molecule has 1 atom stereocenters. The Morgan fingerprint density at radius 2 is 2.20 bits per heavy atom. The van der Waals surface area contributed by atoms with Gasteiger partial charge < -0.3 is 11.1 Å². The lowest BCUT2D eigenvalue weighted by Crippen LogP contribution is -2.45. The van der Waals surface area contributed by atoms with Gasteiger partial charge in [0, 0.05) is 16.6 Å². The summed E-state index contributed by atoms with van der Waals surface area (Å²) in [5.74, 6) is -0.0377. The van der Waals surface area contributed by atoms with Crippen LogP contribution in [-0.4, -0.2) is 21.2 Å². The van der Waals surface area contributed by atoms with Gasteiger partial charge in [0.15, 0.2) is 0 Å². The standard InChI is InChI=1S/C15H22N4O/c1-5-15(3,4)18-14(20)10(2)19-13-8-12(16)7-6-11(13)9-17-19/h6-10H,5,16H2,1-4H3,(H,18,20). The molecule has 3 N–H and O–H groups in total. The van der Waals surface area contributed by atoms with Crippen molar-refractivity contribution in [2.45, 2.75) is 45.7 Å². The van der Waals surface area contributed by atoms with E-state index in [4.69, 9.17) is 5.73 Å². The van der Waals surface area contributed by atoms with Crippen LogP contribution in [0, 0.1) is 0 Å². The van der Waals surface area contributed by atoms with Crippen LogP contribution >= 0.6 is 0 Å². The summed E-state index contributed by atoms with van der Waals surface area (Å²) in [5.41, 5.74) is 7.14. The van der Waals surface area contributed by atoms with E-state index >= 15 is 0 Å². The highest BCUT2D eigenvalue weighted by Gasteiger charge is 2.24. The van der Waals surface area contributed by atoms with Crippen LogP contribution in [-0.2, 0) is 4.79 Å². The van der Waals surface area contributed by atoms with Crippen LogP contribution in [0.2, 0.25) is 0 Å². The van der Waals surface area contributed by atoms with Crippen molar-refractivity contribution in [2.24, 2.45) is 0 Å². The molecule has 0 radical (unpaired) electrons. The summed E-state index contributed by atoms with van der Waals surface area (Å²) >= 11 is 0. The minimum Gasteiger partial charge on any atom is -0.399 e. The molecule has 108 valence electrons. The number of carbonyl (C=O) groups excluding carboxylic acids is 1. The van der Waals surface area contributed by atoms with E-state index in [0.717, 1.165) is 17.3 Å². The van der Waals surface area contributed by atoms with Crippen LogP contribution in [0.1, 0.15) is 40.2 Å². The zero-order chi connectivity index (χ0) is 14.9. The van der Waals surface area contributed by atoms with Crippen molar-refractivity contribution in [2.75, 3.05) is 5.73 Å². The monoisotopic (exact) mass is 274 g/mol. The van der Waals surface area contributed by atoms with Crippen molar-refractivity contribution >= 4 is 22.5 Å². The number of aromatic nitrogens is 2. The highest BCUT2D eigenvalue weighted by molar-refractivity contribution is 5.86. The second-order valence-electron chi connectivity index (χ2n) is 5.81. The van der Waals surface area contributed by atoms with Crippen LogP contribution in [0.5, 0.6) is 0 Å². The zero-order valence-electron chi connectivity index (χ0n) is 12.5. The molecule has 0 bridgehead atoms. The van der Waals surface area contributed by atoms with Gasteiger partial charge in [-0.3, -0.25) is 9.48 Å². The number of rotatable bonds is 4. The number of nitrogens with one attached hydrogen (secondary N) is 1. The van der Waals surface area contributed by atoms with Gasteiger partial charge in [0.25, 0.3) is 0 Å². The summed E-state index contributed by atoms with van der Waals surface area (Å²) in [7, 11) is 0. The molecule has 1 unspecified atom stereocenters. The molecule has 2 aromatic rings. The summed E-state index contributed by atoms with van der Waals surface area (Å²) in [6, 6.07) is 5.21. The lowest BCUT2D eigenvalue weighted by atomic mass is 10.0. The smallest absolute Gasteiger partial charge is 0.245 e. The number of nitrogen functional groups attached to an aromatic ring is 1. The Kier molecular flexibility index (Phi) is 3.70. The second-order valence-corrected chi connectivity index (χ2v) is 5.81. The van der Waals surface area contributed by atoms with Crippen molar-refractivity contribution in [1.82, 2.24) is 15.1 Å². The third-order valence-electron chi connectivity index (χ3n) is 3.71. The SMILES string of the molecule is CCC(C)(C)NC(=O)C(C)n1ncc2ccc(N)cc21. The number of hydrogen-bond acceptors (Lipinski definition) is 3. The first-order valence-electron chi connectivity index (χ1n) is 6.89. The Labute approximate surface area is 119 Å². The molecule has 0 aliphatic carbocycles. The average Bonchev–Trinajstić information content (AvgIpc) is 2.80. The van der Waals surface area contributed by atoms with Gasteiger partial charge >= 0.3 is 0 Å². The molecule has 1 heterocycles. The van der Waals surface area contributed by atoms with E-state index in [1.54, 1.807) is 10.9 Å². The van der Waals surface area contributed by atoms with Gasteiger partial charge in [-0.05, 0) is 45.4 Å². The second kappa shape index (κ2) is 5.15. The van der Waals surface area contributed by atoms with Gasteiger partial charge in [-0.2, -0.15) is 5.10 Å². The minimum atomic E-state index is -0.375. The number of hydrogen-bond donors (Lipinski definition) is 2. The van der Waals surface area contributed by atoms with Crippen molar-refractivity contribution in [1.29, 1.82) is 0 Å². The summed E-state index contributed by atoms with van der Waals surface area (Å²) in [6.07, 6.45) is 2.63. The normalized spacial score (nSPS) is 13.4. The largest absolute Gasteiger partial charge is 0.399 e. The molecular weight excluding hydrogens is 252 g/mol. The Morgan fingerprint density at radius 1 is 1.50 bits per heavy atom. The third-order valence-corrected chi connectivity index (χ3v) is 3.71. The topological polar surface area (TPSA) is 72.9 Å². The zero-order valence-corrected chi connectivity index (χ0v) is 12.5. The number of benzene rings is 1. The maximum atomic E-state index is 12.3. The van der Waals surface area contributed by atoms with Gasteiger partial charge in [-0.25, -0.2) is 0 Å². The Hall–Kier alpha value is -2.04. The molecule has 0 aliphatic heterocycles. The molecule has 0 aliphatic rings. The molecule has 5 nitrogen and oxygen atoms in total. The predicted octanol–water partition coefficient (Wildman–Crippen LogP) is 2.48. The molecule has 20 heavy (non-hydrogen) atoms. The lowest BCUT2D eigenvalue weighted by molar-refractivity contribution is -0.125. The van der Waals surface area contributed by atoms with E-state index in [9.17, 15) is 4.79 Å². The average molecular weight is 274 g/mol. The molecule has 2 rings (SSSR count). The van der Waals surface area contributed by atoms with Crippen molar-refractivity contribution < 1.29 is 4.79 Å². The number of fused-ring (bicyclic) bond motifs is 1. The van der Waals surface area contributed by atoms with Crippen LogP contribution in [0.3, 0.4) is 0 Å². The maximum absolute atomic E-state index is 12.3. The van der Waals surface area contributed by atoms with E-state index < -0.39 is 0 Å². The Bertz CT molecular complexity index is 630. The van der Waals surface area contributed by atoms with E-state index in [0.29, 0.717) is 5.69 Å². The fourth-order valence-corrected chi connectivity index (χ4v) is 2.00. The Morgan fingerprint density at radius 3 is 2.85 bits per heavy atom. The van der Waals surface area contributed by atoms with Crippen LogP contribution in [0.25, 0.3) is 10.9 Å². The summed E-state index contributed by atoms with van der Waals surface area (Å²) in [5, 5.41) is 8.34. The van der Waals surface area contributed by atoms with E-state index in [1.807, 2.05) is 39.0 Å². The Balaban J connectivity index is 2.29. The van der Waals surface area contributed by atoms with Crippen molar-refractivity contribution in [3.05, 3.63) is 24.4 Å². The fourth-order valence-electron chi connectivity index (χ4n) is 2.00. The van der Waals surface area contributed by atoms with E-state index in [2.05, 4.69) is 17.3 Å². The van der Waals surface area contributed by atoms with Crippen LogP contribution in [0.4, 0.5) is 5.69 Å². The van der Waals surface area contributed by atoms with Gasteiger partial charge in [-0.1, -0.05) is 6.92 Å². The highest BCUT2D eigenvalue weighted by atomic mass is 16.2. The van der Waals surface area contributed by atoms with Gasteiger partial charge in [0.05, 0.1) is 11.7 Å². The molecule has 0 saturated carbocycles. The van der Waals surface area contributed by atoms with Crippen LogP contribution in [0.15, 0.2) is 24.4 Å². The van der Waals surface area contributed by atoms with Gasteiger partial charge in [-0.15, -0.1) is 0 Å². The summed E-state index contributed by atoms with van der Waals surface area (Å²) < 4.78 is 1.72. The fraction of sp³-hybridized carbons (Fsp3) is 0.467. The molecule has 0 fully saturated rings. The first kappa shape index (κ1) is 14.4. The number of amides is 1. The molecule has 1 aromatic carbocycles. The first-order valence-corrected chi connectivity index (χ1v) is 6.89. The molecule has 0 saturated heterocycles. The molecule has 0 spiro atoms. The molecule has 1 amide bonds. The lowest BCUT2D eigenvalue weighted by Gasteiger charge is -2.26. The first-order chi connectivity index (χ1) is 9.34. The summed E-state index contributed by atoms with van der Waals surface area (Å²) in [4.78, 5) is 12.3. The number of carbonyl (C=O) groups is 1. The third kappa shape index (κ3) is 2.76. The van der Waals surface area contributed by atoms with Crippen LogP contribution < -0.4 is 11.1 Å². The number of anilines is 1. The quantitative estimate of drug-likeness (QED) is 0.841. The molecular formula is C15H22N4O. The minimum absolute atomic E-state index is 0.0377. The predicted molar refractivity (Wildman–Crippen MR) is 81.4 cm³/mol. The van der Waals surface area contributed by atoms with Crippen molar-refractivity contribution in [3.63, 3.8) is 0 Å². The highest BCUT2D eigenvalue weighted by Crippen LogP contribution is 2.21. The maximum Gasteiger partial charge on any atom is 0.245 e. The van der Waals surface area contributed by atoms with Crippen molar-refractivity contribution in [3.8, 4) is 0 Å². The molecule has 1 aromatic heterocycles. The van der Waals surface area contributed by atoms with E-state index in [-0.39, 0.29) is 17.5 Å². The molecule has 5 heteroatoms.